The summed E-state index contributed by atoms with van der Waals surface area (Å²) in [6.45, 7) is 1.11. The molecule has 1 fully saturated rings. The summed E-state index contributed by atoms with van der Waals surface area (Å²) in [6, 6.07) is 0. The summed E-state index contributed by atoms with van der Waals surface area (Å²) >= 11 is 0. The number of hydrogen-bond acceptors (Lipinski definition) is 9. The maximum absolute atomic E-state index is 11.8. The van der Waals surface area contributed by atoms with Gasteiger partial charge in [-0.1, -0.05) is 84.0 Å². The molecule has 0 spiro atoms. The van der Waals surface area contributed by atoms with E-state index in [1.165, 1.54) is 64.2 Å². The number of rotatable bonds is 20. The Balaban J connectivity index is 1.99. The smallest absolute Gasteiger partial charge is 0.305 e. The molecule has 0 radical (unpaired) electrons. The summed E-state index contributed by atoms with van der Waals surface area (Å²) in [5.74, 6) is -0.380. The van der Waals surface area contributed by atoms with Crippen LogP contribution < -0.4 is 0 Å². The SMILES string of the molecule is CCCCCCCCCCCCCCCC(=O)OCC(O)CO[C@@H]1O[C@H](CO)[C@H](O)[C@H](O)[C@H]1O. The minimum atomic E-state index is -1.55. The lowest BCUT2D eigenvalue weighted by Gasteiger charge is -2.39. The van der Waals surface area contributed by atoms with E-state index in [1.54, 1.807) is 0 Å². The summed E-state index contributed by atoms with van der Waals surface area (Å²) in [4.78, 5) is 11.8. The van der Waals surface area contributed by atoms with E-state index in [0.717, 1.165) is 19.3 Å². The quantitative estimate of drug-likeness (QED) is 0.127. The highest BCUT2D eigenvalue weighted by molar-refractivity contribution is 5.69. The monoisotopic (exact) mass is 492 g/mol. The molecule has 1 aliphatic heterocycles. The number of ether oxygens (including phenoxy) is 3. The fourth-order valence-electron chi connectivity index (χ4n) is 4.01. The summed E-state index contributed by atoms with van der Waals surface area (Å²) in [7, 11) is 0. The third-order valence-corrected chi connectivity index (χ3v) is 6.22. The van der Waals surface area contributed by atoms with Gasteiger partial charge in [0, 0.05) is 6.42 Å². The highest BCUT2D eigenvalue weighted by atomic mass is 16.7. The number of carbonyl (C=O) groups is 1. The number of aliphatic hydroxyl groups excluding tert-OH is 5. The molecule has 0 aromatic rings. The van der Waals surface area contributed by atoms with E-state index in [-0.39, 0.29) is 19.2 Å². The first kappa shape index (κ1) is 31.2. The molecule has 1 saturated heterocycles. The Morgan fingerprint density at radius 3 is 1.85 bits per heavy atom. The van der Waals surface area contributed by atoms with Gasteiger partial charge in [0.1, 0.15) is 37.1 Å². The Morgan fingerprint density at radius 2 is 1.32 bits per heavy atom. The van der Waals surface area contributed by atoms with Gasteiger partial charge in [-0.05, 0) is 6.42 Å². The zero-order chi connectivity index (χ0) is 25.2. The van der Waals surface area contributed by atoms with E-state index < -0.39 is 43.4 Å². The van der Waals surface area contributed by atoms with E-state index >= 15 is 0 Å². The van der Waals surface area contributed by atoms with Gasteiger partial charge in [0.05, 0.1) is 13.2 Å². The van der Waals surface area contributed by atoms with Gasteiger partial charge in [0.25, 0.3) is 0 Å². The average molecular weight is 493 g/mol. The Labute approximate surface area is 204 Å². The molecule has 5 N–H and O–H groups in total. The van der Waals surface area contributed by atoms with Crippen molar-refractivity contribution in [2.45, 2.75) is 134 Å². The van der Waals surface area contributed by atoms with Gasteiger partial charge in [-0.25, -0.2) is 0 Å². The molecule has 1 unspecified atom stereocenters. The number of esters is 1. The molecule has 0 aliphatic carbocycles. The molecule has 0 saturated carbocycles. The van der Waals surface area contributed by atoms with Gasteiger partial charge in [-0.3, -0.25) is 4.79 Å². The molecule has 1 heterocycles. The summed E-state index contributed by atoms with van der Waals surface area (Å²) in [5.41, 5.74) is 0. The number of unbranched alkanes of at least 4 members (excludes halogenated alkanes) is 12. The first-order valence-corrected chi connectivity index (χ1v) is 13.2. The fourth-order valence-corrected chi connectivity index (χ4v) is 4.01. The number of hydrogen-bond donors (Lipinski definition) is 5. The van der Waals surface area contributed by atoms with Crippen LogP contribution in [0.3, 0.4) is 0 Å². The van der Waals surface area contributed by atoms with Crippen LogP contribution in [0.5, 0.6) is 0 Å². The van der Waals surface area contributed by atoms with Crippen LogP contribution in [0, 0.1) is 0 Å². The van der Waals surface area contributed by atoms with Crippen LogP contribution in [0.1, 0.15) is 96.8 Å². The molecule has 1 aliphatic rings. The molecular weight excluding hydrogens is 444 g/mol. The first-order chi connectivity index (χ1) is 16.4. The third kappa shape index (κ3) is 13.3. The highest BCUT2D eigenvalue weighted by Crippen LogP contribution is 2.22. The second-order valence-electron chi connectivity index (χ2n) is 9.36. The molecule has 0 aromatic carbocycles. The maximum atomic E-state index is 11.8. The lowest BCUT2D eigenvalue weighted by Crippen LogP contribution is -2.59. The van der Waals surface area contributed by atoms with Crippen molar-refractivity contribution in [3.63, 3.8) is 0 Å². The van der Waals surface area contributed by atoms with Crippen molar-refractivity contribution in [2.75, 3.05) is 19.8 Å². The Bertz CT molecular complexity index is 503. The first-order valence-electron chi connectivity index (χ1n) is 13.2. The molecule has 6 atom stereocenters. The lowest BCUT2D eigenvalue weighted by atomic mass is 9.99. The van der Waals surface area contributed by atoms with E-state index in [2.05, 4.69) is 6.92 Å². The van der Waals surface area contributed by atoms with Gasteiger partial charge < -0.3 is 39.7 Å². The van der Waals surface area contributed by atoms with E-state index in [1.807, 2.05) is 0 Å². The Hall–Kier alpha value is -0.810. The minimum absolute atomic E-state index is 0.255. The van der Waals surface area contributed by atoms with Crippen LogP contribution in [0.4, 0.5) is 0 Å². The molecule has 0 bridgehead atoms. The molecule has 9 heteroatoms. The number of carbonyl (C=O) groups excluding carboxylic acids is 1. The van der Waals surface area contributed by atoms with Crippen LogP contribution in [0.25, 0.3) is 0 Å². The van der Waals surface area contributed by atoms with E-state index in [4.69, 9.17) is 19.3 Å². The fraction of sp³-hybridized carbons (Fsp3) is 0.960. The van der Waals surface area contributed by atoms with Gasteiger partial charge >= 0.3 is 5.97 Å². The molecule has 9 nitrogen and oxygen atoms in total. The van der Waals surface area contributed by atoms with Crippen molar-refractivity contribution in [1.29, 1.82) is 0 Å². The van der Waals surface area contributed by atoms with Crippen molar-refractivity contribution in [3.8, 4) is 0 Å². The predicted octanol–water partition coefficient (Wildman–Crippen LogP) is 2.19. The molecule has 1 rings (SSSR count). The predicted molar refractivity (Wildman–Crippen MR) is 127 cm³/mol. The Kier molecular flexibility index (Phi) is 17.8. The largest absolute Gasteiger partial charge is 0.463 e. The molecule has 0 aromatic heterocycles. The normalized spacial score (nSPS) is 25.9. The maximum Gasteiger partial charge on any atom is 0.305 e. The second-order valence-corrected chi connectivity index (χ2v) is 9.36. The lowest BCUT2D eigenvalue weighted by molar-refractivity contribution is -0.305. The zero-order valence-electron chi connectivity index (χ0n) is 20.9. The summed E-state index contributed by atoms with van der Waals surface area (Å²) in [5, 5.41) is 48.4. The topological polar surface area (TPSA) is 146 Å². The van der Waals surface area contributed by atoms with Gasteiger partial charge in [-0.15, -0.1) is 0 Å². The highest BCUT2D eigenvalue weighted by Gasteiger charge is 2.44. The zero-order valence-corrected chi connectivity index (χ0v) is 20.9. The van der Waals surface area contributed by atoms with E-state index in [9.17, 15) is 25.2 Å². The van der Waals surface area contributed by atoms with Gasteiger partial charge in [0.15, 0.2) is 6.29 Å². The summed E-state index contributed by atoms with van der Waals surface area (Å²) in [6.07, 6.45) is 8.18. The second kappa shape index (κ2) is 19.4. The summed E-state index contributed by atoms with van der Waals surface area (Å²) < 4.78 is 15.5. The van der Waals surface area contributed by atoms with Crippen LogP contribution in [-0.2, 0) is 19.0 Å². The van der Waals surface area contributed by atoms with Crippen LogP contribution in [0.2, 0.25) is 0 Å². The minimum Gasteiger partial charge on any atom is -0.463 e. The molecular formula is C25H48O9. The van der Waals surface area contributed by atoms with E-state index in [0.29, 0.717) is 6.42 Å². The molecule has 0 amide bonds. The van der Waals surface area contributed by atoms with Gasteiger partial charge in [-0.2, -0.15) is 0 Å². The standard InChI is InChI=1S/C25H48O9/c1-2-3-4-5-6-7-8-9-10-11-12-13-14-15-21(28)32-17-19(27)18-33-25-24(31)23(30)22(29)20(16-26)34-25/h19-20,22-27,29-31H,2-18H2,1H3/t19?,20-,22+,23+,24-,25-/m1/s1. The van der Waals surface area contributed by atoms with Crippen molar-refractivity contribution in [1.82, 2.24) is 0 Å². The molecule has 202 valence electrons. The van der Waals surface area contributed by atoms with Crippen LogP contribution in [-0.4, -0.2) is 88.1 Å². The van der Waals surface area contributed by atoms with Crippen molar-refractivity contribution in [3.05, 3.63) is 0 Å². The van der Waals surface area contributed by atoms with Crippen molar-refractivity contribution >= 4 is 5.97 Å². The van der Waals surface area contributed by atoms with Gasteiger partial charge in [0.2, 0.25) is 0 Å². The van der Waals surface area contributed by atoms with Crippen LogP contribution in [0.15, 0.2) is 0 Å². The molecule has 34 heavy (non-hydrogen) atoms. The number of aliphatic hydroxyl groups is 5. The van der Waals surface area contributed by atoms with Crippen molar-refractivity contribution < 1.29 is 44.5 Å². The third-order valence-electron chi connectivity index (χ3n) is 6.22. The Morgan fingerprint density at radius 1 is 0.794 bits per heavy atom. The van der Waals surface area contributed by atoms with Crippen molar-refractivity contribution in [2.24, 2.45) is 0 Å². The van der Waals surface area contributed by atoms with Crippen LogP contribution >= 0.6 is 0 Å². The average Bonchev–Trinajstić information content (AvgIpc) is 2.83.